The van der Waals surface area contributed by atoms with Crippen molar-refractivity contribution in [2.24, 2.45) is 0 Å². The van der Waals surface area contributed by atoms with Crippen LogP contribution in [0.1, 0.15) is 47.7 Å². The van der Waals surface area contributed by atoms with Crippen molar-refractivity contribution in [3.05, 3.63) is 63.6 Å². The Morgan fingerprint density at radius 2 is 2.03 bits per heavy atom. The molecule has 0 bridgehead atoms. The van der Waals surface area contributed by atoms with Gasteiger partial charge in [0.05, 0.1) is 34.2 Å². The Hall–Kier alpha value is -2.76. The molecule has 3 aromatic rings. The molecule has 0 atom stereocenters. The minimum atomic E-state index is -4.44. The number of rotatable bonds is 7. The van der Waals surface area contributed by atoms with Crippen molar-refractivity contribution >= 4 is 27.5 Å². The van der Waals surface area contributed by atoms with E-state index in [9.17, 15) is 26.7 Å². The molecule has 1 aliphatic rings. The number of halogens is 6. The second kappa shape index (κ2) is 8.64. The average molecular weight is 518 g/mol. The first-order valence-corrected chi connectivity index (χ1v) is 10.4. The Balaban J connectivity index is 1.42. The first-order chi connectivity index (χ1) is 15.1. The van der Waals surface area contributed by atoms with Crippen LogP contribution in [0.3, 0.4) is 0 Å². The highest BCUT2D eigenvalue weighted by Gasteiger charge is 2.34. The van der Waals surface area contributed by atoms with Crippen LogP contribution in [0.2, 0.25) is 0 Å². The van der Waals surface area contributed by atoms with Crippen LogP contribution in [0.15, 0.2) is 41.1 Å². The lowest BCUT2D eigenvalue weighted by Crippen LogP contribution is -2.20. The maximum Gasteiger partial charge on any atom is 0.416 e. The van der Waals surface area contributed by atoms with Gasteiger partial charge in [0.25, 0.3) is 6.43 Å². The summed E-state index contributed by atoms with van der Waals surface area (Å²) in [7, 11) is 0. The van der Waals surface area contributed by atoms with Crippen molar-refractivity contribution in [3.8, 4) is 0 Å². The van der Waals surface area contributed by atoms with Gasteiger partial charge in [-0.2, -0.15) is 23.4 Å². The molecule has 0 unspecified atom stereocenters. The number of aromatic nitrogens is 4. The lowest BCUT2D eigenvalue weighted by atomic mass is 10.1. The van der Waals surface area contributed by atoms with Crippen LogP contribution in [0.4, 0.5) is 27.6 Å². The molecule has 1 fully saturated rings. The van der Waals surface area contributed by atoms with Gasteiger partial charge in [-0.3, -0.25) is 14.2 Å². The van der Waals surface area contributed by atoms with Crippen LogP contribution in [-0.4, -0.2) is 25.5 Å². The molecule has 32 heavy (non-hydrogen) atoms. The molecule has 170 valence electrons. The van der Waals surface area contributed by atoms with E-state index in [1.165, 1.54) is 27.8 Å². The lowest BCUT2D eigenvalue weighted by Gasteiger charge is -2.09. The highest BCUT2D eigenvalue weighted by atomic mass is 79.9. The Morgan fingerprint density at radius 1 is 1.28 bits per heavy atom. The fourth-order valence-electron chi connectivity index (χ4n) is 3.36. The minimum absolute atomic E-state index is 0.0788. The van der Waals surface area contributed by atoms with E-state index >= 15 is 0 Å². The summed E-state index contributed by atoms with van der Waals surface area (Å²) in [5, 5.41) is 10.6. The van der Waals surface area contributed by atoms with E-state index in [-0.39, 0.29) is 23.5 Å². The Morgan fingerprint density at radius 3 is 2.69 bits per heavy atom. The quantitative estimate of drug-likeness (QED) is 0.429. The molecule has 4 rings (SSSR count). The van der Waals surface area contributed by atoms with E-state index in [1.807, 2.05) is 0 Å². The molecule has 0 saturated heterocycles. The predicted molar refractivity (Wildman–Crippen MR) is 108 cm³/mol. The number of nitrogens with zero attached hydrogens (tertiary/aromatic N) is 4. The third-order valence-electron chi connectivity index (χ3n) is 4.94. The van der Waals surface area contributed by atoms with Crippen LogP contribution in [0.25, 0.3) is 0 Å². The zero-order valence-corrected chi connectivity index (χ0v) is 18.0. The molecular formula is C20H17BrF5N5O. The van der Waals surface area contributed by atoms with Crippen molar-refractivity contribution in [3.63, 3.8) is 0 Å². The summed E-state index contributed by atoms with van der Waals surface area (Å²) in [4.78, 5) is 12.5. The smallest absolute Gasteiger partial charge is 0.322 e. The number of carbonyl (C=O) groups is 1. The summed E-state index contributed by atoms with van der Waals surface area (Å²) in [5.74, 6) is -0.395. The SMILES string of the molecule is O=C(Cn1nc(C(F)F)c(Br)c1C1CC1)Nc1cnn(Cc2cccc(C(F)(F)F)c2)c1. The number of hydrogen-bond acceptors (Lipinski definition) is 3. The molecule has 1 aliphatic carbocycles. The third-order valence-corrected chi connectivity index (χ3v) is 5.75. The van der Waals surface area contributed by atoms with Crippen LogP contribution in [0, 0.1) is 0 Å². The average Bonchev–Trinajstić information content (AvgIpc) is 3.36. The van der Waals surface area contributed by atoms with Gasteiger partial charge in [0.1, 0.15) is 12.2 Å². The Bertz CT molecular complexity index is 1140. The first-order valence-electron chi connectivity index (χ1n) is 9.64. The maximum atomic E-state index is 13.2. The third kappa shape index (κ3) is 5.00. The van der Waals surface area contributed by atoms with Crippen LogP contribution in [0.5, 0.6) is 0 Å². The summed E-state index contributed by atoms with van der Waals surface area (Å²) in [6, 6.07) is 4.89. The van der Waals surface area contributed by atoms with Crippen molar-refractivity contribution in [2.75, 3.05) is 5.32 Å². The molecule has 1 N–H and O–H groups in total. The van der Waals surface area contributed by atoms with Gasteiger partial charge in [0, 0.05) is 12.1 Å². The van der Waals surface area contributed by atoms with Crippen LogP contribution < -0.4 is 5.32 Å². The number of nitrogens with one attached hydrogen (secondary N) is 1. The Kier molecular flexibility index (Phi) is 6.06. The van der Waals surface area contributed by atoms with Gasteiger partial charge in [-0.1, -0.05) is 12.1 Å². The van der Waals surface area contributed by atoms with Gasteiger partial charge in [-0.25, -0.2) is 8.78 Å². The highest BCUT2D eigenvalue weighted by molar-refractivity contribution is 9.10. The normalized spacial score (nSPS) is 14.2. The van der Waals surface area contributed by atoms with Crippen LogP contribution in [-0.2, 0) is 24.1 Å². The van der Waals surface area contributed by atoms with E-state index in [0.717, 1.165) is 25.0 Å². The van der Waals surface area contributed by atoms with E-state index in [4.69, 9.17) is 0 Å². The monoisotopic (exact) mass is 517 g/mol. The molecule has 1 saturated carbocycles. The van der Waals surface area contributed by atoms with Crippen molar-refractivity contribution in [1.82, 2.24) is 19.6 Å². The lowest BCUT2D eigenvalue weighted by molar-refractivity contribution is -0.137. The second-order valence-electron chi connectivity index (χ2n) is 7.49. The fourth-order valence-corrected chi connectivity index (χ4v) is 4.14. The highest BCUT2D eigenvalue weighted by Crippen LogP contribution is 2.45. The molecule has 0 aliphatic heterocycles. The minimum Gasteiger partial charge on any atom is -0.322 e. The van der Waals surface area contributed by atoms with E-state index in [0.29, 0.717) is 16.9 Å². The molecule has 0 radical (unpaired) electrons. The van der Waals surface area contributed by atoms with Crippen LogP contribution >= 0.6 is 15.9 Å². The first kappa shape index (κ1) is 22.4. The van der Waals surface area contributed by atoms with Gasteiger partial charge >= 0.3 is 6.18 Å². The van der Waals surface area contributed by atoms with Gasteiger partial charge in [0.2, 0.25) is 5.91 Å². The summed E-state index contributed by atoms with van der Waals surface area (Å²) in [6.45, 7) is -0.175. The predicted octanol–water partition coefficient (Wildman–Crippen LogP) is 5.36. The molecule has 12 heteroatoms. The van der Waals surface area contributed by atoms with Crippen molar-refractivity contribution in [2.45, 2.75) is 44.5 Å². The van der Waals surface area contributed by atoms with E-state index in [2.05, 4.69) is 31.4 Å². The van der Waals surface area contributed by atoms with Gasteiger partial charge in [0.15, 0.2) is 0 Å². The summed E-state index contributed by atoms with van der Waals surface area (Å²) in [5.41, 5.74) is 0.158. The summed E-state index contributed by atoms with van der Waals surface area (Å²) < 4.78 is 67.9. The van der Waals surface area contributed by atoms with Gasteiger partial charge in [-0.15, -0.1) is 0 Å². The topological polar surface area (TPSA) is 64.7 Å². The van der Waals surface area contributed by atoms with E-state index in [1.54, 1.807) is 6.07 Å². The molecule has 1 aromatic carbocycles. The number of alkyl halides is 5. The van der Waals surface area contributed by atoms with Crippen molar-refractivity contribution in [1.29, 1.82) is 0 Å². The molecule has 1 amide bonds. The molecular weight excluding hydrogens is 501 g/mol. The van der Waals surface area contributed by atoms with Gasteiger partial charge < -0.3 is 5.32 Å². The van der Waals surface area contributed by atoms with E-state index < -0.39 is 29.8 Å². The fraction of sp³-hybridized carbons (Fsp3) is 0.350. The molecule has 0 spiro atoms. The number of amides is 1. The number of anilines is 1. The summed E-state index contributed by atoms with van der Waals surface area (Å²) >= 11 is 3.17. The number of carbonyl (C=O) groups excluding carboxylic acids is 1. The standard InChI is InChI=1S/C20H17BrF5N5O/c21-16-17(19(22)23)29-31(18(16)12-4-5-12)10-15(32)28-14-7-27-30(9-14)8-11-2-1-3-13(6-11)20(24,25)26/h1-3,6-7,9,12,19H,4-5,8,10H2,(H,28,32). The molecule has 6 nitrogen and oxygen atoms in total. The molecule has 2 heterocycles. The zero-order valence-electron chi connectivity index (χ0n) is 16.4. The second-order valence-corrected chi connectivity index (χ2v) is 8.28. The number of benzene rings is 1. The molecule has 2 aromatic heterocycles. The maximum absolute atomic E-state index is 13.2. The zero-order chi connectivity index (χ0) is 23.0. The largest absolute Gasteiger partial charge is 0.416 e. The Labute approximate surface area is 187 Å². The van der Waals surface area contributed by atoms with Gasteiger partial charge in [-0.05, 0) is 46.5 Å². The summed E-state index contributed by atoms with van der Waals surface area (Å²) in [6.07, 6.45) is -2.68. The van der Waals surface area contributed by atoms with Crippen molar-refractivity contribution < 1.29 is 26.7 Å². The number of hydrogen-bond donors (Lipinski definition) is 1.